The number of ether oxygens (including phenoxy) is 2. The zero-order chi connectivity index (χ0) is 31.3. The molecule has 4 bridgehead atoms. The van der Waals surface area contributed by atoms with E-state index in [2.05, 4.69) is 55.5 Å². The highest BCUT2D eigenvalue weighted by Gasteiger charge is 2.13. The third-order valence-electron chi connectivity index (χ3n) is 7.36. The monoisotopic (exact) mass is 625 g/mol. The highest BCUT2D eigenvalue weighted by atomic mass is 32.1. The van der Waals surface area contributed by atoms with Crippen LogP contribution in [-0.4, -0.2) is 18.8 Å². The maximum absolute atomic E-state index is 13.3. The lowest BCUT2D eigenvalue weighted by Crippen LogP contribution is -2.25. The van der Waals surface area contributed by atoms with Crippen LogP contribution in [0.5, 0.6) is 11.5 Å². The average Bonchev–Trinajstić information content (AvgIpc) is 3.77. The normalized spacial score (nSPS) is 10.5. The molecule has 0 atom stereocenters. The zero-order valence-electron chi connectivity index (χ0n) is 25.1. The lowest BCUT2D eigenvalue weighted by Gasteiger charge is -2.06. The number of benzene rings is 2. The third kappa shape index (κ3) is 6.38. The predicted octanol–water partition coefficient (Wildman–Crippen LogP) is 8.35. The van der Waals surface area contributed by atoms with Crippen LogP contribution in [0.2, 0.25) is 0 Å². The molecule has 0 amide bonds. The highest BCUT2D eigenvalue weighted by Crippen LogP contribution is 2.30. The van der Waals surface area contributed by atoms with Crippen LogP contribution in [0.25, 0.3) is 51.1 Å². The largest absolute Gasteiger partial charge is 0.493 e. The van der Waals surface area contributed by atoms with Crippen molar-refractivity contribution in [1.82, 2.24) is 4.57 Å². The fourth-order valence-corrected chi connectivity index (χ4v) is 6.42. The first-order valence-corrected chi connectivity index (χ1v) is 16.2. The topological polar surface area (TPSA) is 57.5 Å². The first-order valence-electron chi connectivity index (χ1n) is 14.6. The molecule has 0 fully saturated rings. The Balaban J connectivity index is 1.59. The summed E-state index contributed by atoms with van der Waals surface area (Å²) in [4.78, 5) is 26.6. The summed E-state index contributed by atoms with van der Waals surface area (Å²) in [6, 6.07) is 40.7. The maximum Gasteiger partial charge on any atom is 0.261 e. The Kier molecular flexibility index (Phi) is 8.77. The van der Waals surface area contributed by atoms with Gasteiger partial charge in [0.2, 0.25) is 0 Å². The van der Waals surface area contributed by atoms with Crippen molar-refractivity contribution in [1.29, 1.82) is 0 Å². The van der Waals surface area contributed by atoms with Crippen molar-refractivity contribution in [2.75, 3.05) is 14.2 Å². The first-order chi connectivity index (χ1) is 22.0. The van der Waals surface area contributed by atoms with Crippen LogP contribution in [0, 0.1) is 48.5 Å². The molecule has 4 heterocycles. The Bertz CT molecular complexity index is 2140. The molecule has 0 aliphatic carbocycles. The van der Waals surface area contributed by atoms with Gasteiger partial charge in [-0.25, -0.2) is 0 Å². The fraction of sp³-hybridized carbons (Fsp3) is 0.211. The van der Waals surface area contributed by atoms with Crippen LogP contribution >= 0.6 is 22.7 Å². The number of hydrogen-bond donors (Lipinski definition) is 0. The summed E-state index contributed by atoms with van der Waals surface area (Å²) in [6.45, 7) is 2.54. The van der Waals surface area contributed by atoms with Crippen molar-refractivity contribution in [3.63, 3.8) is 0 Å². The average molecular weight is 626 g/mol. The Morgan fingerprint density at radius 1 is 0.578 bits per heavy atom. The molecule has 45 heavy (non-hydrogen) atoms. The second-order valence-electron chi connectivity index (χ2n) is 10.3. The molecule has 7 heteroatoms. The number of nitrogens with zero attached hydrogens (tertiary/aromatic N) is 1. The predicted molar refractivity (Wildman–Crippen MR) is 183 cm³/mol. The second-order valence-corrected chi connectivity index (χ2v) is 12.5. The van der Waals surface area contributed by atoms with E-state index in [1.807, 2.05) is 36.4 Å². The number of methoxy groups -OCH3 is 2. The lowest BCUT2D eigenvalue weighted by atomic mass is 10.1. The van der Waals surface area contributed by atoms with Crippen molar-refractivity contribution in [3.05, 3.63) is 118 Å². The minimum Gasteiger partial charge on any atom is -0.493 e. The van der Waals surface area contributed by atoms with Crippen LogP contribution in [0.1, 0.15) is 32.6 Å². The van der Waals surface area contributed by atoms with Gasteiger partial charge in [-0.05, 0) is 42.8 Å². The number of thiophene rings is 2. The quantitative estimate of drug-likeness (QED) is 0.167. The summed E-state index contributed by atoms with van der Waals surface area (Å²) in [6.07, 6.45) is 3.93. The molecule has 4 aromatic heterocycles. The van der Waals surface area contributed by atoms with Gasteiger partial charge in [0, 0.05) is 40.2 Å². The van der Waals surface area contributed by atoms with Crippen LogP contribution in [0.3, 0.4) is 0 Å². The third-order valence-corrected chi connectivity index (χ3v) is 9.19. The fourth-order valence-electron chi connectivity index (χ4n) is 4.99. The smallest absolute Gasteiger partial charge is 0.261 e. The molecule has 0 aliphatic rings. The standard InChI is InChI=1S/C38H27NO4S2/c1-4-5-6-7-20-39-37(40)33-21-25-8-12-29-16-18-31(44-29)14-10-27-23-35(42-2)36(43-3)24-28(27)11-15-32-19-17-30(45-32)13-9-26(25)22-34(33)38(39)41/h16-19,21-24H,4-7,20H2,1-3H3. The summed E-state index contributed by atoms with van der Waals surface area (Å²) >= 11 is 2.94. The van der Waals surface area contributed by atoms with E-state index in [-0.39, 0.29) is 11.1 Å². The highest BCUT2D eigenvalue weighted by molar-refractivity contribution is 7.23. The lowest BCUT2D eigenvalue weighted by molar-refractivity contribution is 0.356. The van der Waals surface area contributed by atoms with Gasteiger partial charge in [-0.1, -0.05) is 74.7 Å². The molecule has 0 aliphatic heterocycles. The Labute approximate surface area is 269 Å². The van der Waals surface area contributed by atoms with E-state index in [1.54, 1.807) is 26.4 Å². The number of aromatic nitrogens is 1. The van der Waals surface area contributed by atoms with Gasteiger partial charge < -0.3 is 9.47 Å². The van der Waals surface area contributed by atoms with Crippen molar-refractivity contribution in [3.8, 4) is 11.5 Å². The van der Waals surface area contributed by atoms with Crippen molar-refractivity contribution < 1.29 is 9.47 Å². The van der Waals surface area contributed by atoms with E-state index in [0.29, 0.717) is 39.6 Å². The molecule has 0 saturated carbocycles. The maximum atomic E-state index is 13.3. The van der Waals surface area contributed by atoms with Gasteiger partial charge >= 0.3 is 0 Å². The van der Waals surface area contributed by atoms with Gasteiger partial charge in [0.25, 0.3) is 11.1 Å². The number of hydrogen-bond acceptors (Lipinski definition) is 6. The molecular weight excluding hydrogens is 599 g/mol. The van der Waals surface area contributed by atoms with E-state index < -0.39 is 0 Å². The summed E-state index contributed by atoms with van der Waals surface area (Å²) in [5.74, 6) is 1.15. The van der Waals surface area contributed by atoms with E-state index in [4.69, 9.17) is 9.47 Å². The van der Waals surface area contributed by atoms with E-state index in [0.717, 1.165) is 55.3 Å². The molecule has 6 rings (SSSR count). The van der Waals surface area contributed by atoms with Crippen LogP contribution < -0.4 is 20.6 Å². The molecular formula is C38H27NO4S2. The summed E-state index contributed by atoms with van der Waals surface area (Å²) in [5, 5.41) is 3.41. The van der Waals surface area contributed by atoms with Crippen molar-refractivity contribution in [2.45, 2.75) is 39.2 Å². The minimum atomic E-state index is -0.270. The Hall–Kier alpha value is -5.18. The summed E-state index contributed by atoms with van der Waals surface area (Å²) < 4.78 is 15.7. The molecule has 5 nitrogen and oxygen atoms in total. The zero-order valence-corrected chi connectivity index (χ0v) is 26.7. The number of fused-ring (bicyclic) bond motifs is 7. The first kappa shape index (κ1) is 29.9. The SMILES string of the molecule is CCCCCCn1c(=O)c2cc3c#cc4ccc(c#cc5cc(OC)c(OC)cc5c#cc5ccc(c#cc3cc2c1=O)s5)s4. The number of rotatable bonds is 7. The molecule has 0 saturated heterocycles. The van der Waals surface area contributed by atoms with Gasteiger partial charge in [0.1, 0.15) is 0 Å². The summed E-state index contributed by atoms with van der Waals surface area (Å²) in [7, 11) is 3.18. The van der Waals surface area contributed by atoms with E-state index in [1.165, 1.54) is 27.2 Å². The van der Waals surface area contributed by atoms with E-state index >= 15 is 0 Å². The van der Waals surface area contributed by atoms with Crippen LogP contribution in [0.4, 0.5) is 0 Å². The molecule has 0 N–H and O–H groups in total. The van der Waals surface area contributed by atoms with Crippen molar-refractivity contribution in [2.24, 2.45) is 0 Å². The van der Waals surface area contributed by atoms with Gasteiger partial charge in [-0.15, -0.1) is 22.7 Å². The van der Waals surface area contributed by atoms with Gasteiger partial charge in [0.05, 0.1) is 43.8 Å². The van der Waals surface area contributed by atoms with Gasteiger partial charge in [-0.3, -0.25) is 14.2 Å². The summed E-state index contributed by atoms with van der Waals surface area (Å²) in [5.41, 5.74) is -0.540. The Morgan fingerprint density at radius 2 is 0.978 bits per heavy atom. The minimum absolute atomic E-state index is 0.270. The molecule has 0 radical (unpaired) electrons. The Morgan fingerprint density at radius 3 is 1.36 bits per heavy atom. The van der Waals surface area contributed by atoms with Crippen molar-refractivity contribution >= 4 is 73.8 Å². The van der Waals surface area contributed by atoms with Gasteiger partial charge in [0.15, 0.2) is 11.5 Å². The van der Waals surface area contributed by atoms with Crippen LogP contribution in [-0.2, 0) is 6.54 Å². The molecule has 2 aromatic carbocycles. The molecule has 0 spiro atoms. The molecule has 0 unspecified atom stereocenters. The van der Waals surface area contributed by atoms with Gasteiger partial charge in [-0.2, -0.15) is 0 Å². The number of unbranched alkanes of at least 4 members (excludes halogenated alkanes) is 3. The van der Waals surface area contributed by atoms with E-state index in [9.17, 15) is 9.59 Å². The molecule has 6 aromatic rings. The van der Waals surface area contributed by atoms with Crippen LogP contribution in [0.15, 0.2) is 58.1 Å². The second kappa shape index (κ2) is 13.2. The molecule has 220 valence electrons.